The van der Waals surface area contributed by atoms with E-state index < -0.39 is 5.54 Å². The van der Waals surface area contributed by atoms with E-state index in [4.69, 9.17) is 10.5 Å². The van der Waals surface area contributed by atoms with Crippen LogP contribution in [0.3, 0.4) is 0 Å². The van der Waals surface area contributed by atoms with E-state index in [-0.39, 0.29) is 17.1 Å². The number of rotatable bonds is 7. The number of amides is 1. The van der Waals surface area contributed by atoms with E-state index in [0.717, 1.165) is 43.4 Å². The van der Waals surface area contributed by atoms with Crippen LogP contribution in [0.2, 0.25) is 0 Å². The van der Waals surface area contributed by atoms with Crippen LogP contribution in [0.1, 0.15) is 46.0 Å². The zero-order chi connectivity index (χ0) is 23.7. The quantitative estimate of drug-likeness (QED) is 0.473. The Kier molecular flexibility index (Phi) is 7.57. The second-order valence-electron chi connectivity index (χ2n) is 10.1. The molecule has 2 unspecified atom stereocenters. The average molecular weight is 466 g/mol. The van der Waals surface area contributed by atoms with Crippen molar-refractivity contribution in [1.29, 1.82) is 0 Å². The molecule has 178 valence electrons. The largest absolute Gasteiger partial charge is 0.495 e. The Labute approximate surface area is 194 Å². The van der Waals surface area contributed by atoms with Gasteiger partial charge in [-0.2, -0.15) is 0 Å². The van der Waals surface area contributed by atoms with Crippen molar-refractivity contribution in [3.8, 4) is 5.75 Å². The number of nitrogens with zero attached hydrogens (tertiary/aromatic N) is 1. The number of halogens is 1. The molecule has 3 N–H and O–H groups in total. The maximum Gasteiger partial charge on any atom is 0.223 e. The predicted molar refractivity (Wildman–Crippen MR) is 125 cm³/mol. The van der Waals surface area contributed by atoms with Crippen LogP contribution in [-0.4, -0.2) is 49.3 Å². The van der Waals surface area contributed by atoms with Gasteiger partial charge < -0.3 is 20.6 Å². The summed E-state index contributed by atoms with van der Waals surface area (Å²) in [5.74, 6) is 2.25. The molecule has 6 nitrogen and oxygen atoms in total. The predicted octanol–water partition coefficient (Wildman–Crippen LogP) is 3.64. The molecule has 4 fully saturated rings. The van der Waals surface area contributed by atoms with Gasteiger partial charge in [-0.3, -0.25) is 4.79 Å². The van der Waals surface area contributed by atoms with Gasteiger partial charge in [-0.05, 0) is 102 Å². The van der Waals surface area contributed by atoms with Crippen molar-refractivity contribution in [2.24, 2.45) is 28.9 Å². The second-order valence-corrected chi connectivity index (χ2v) is 11.2. The highest BCUT2D eigenvalue weighted by Crippen LogP contribution is 2.59. The average Bonchev–Trinajstić information content (AvgIpc) is 2.75. The van der Waals surface area contributed by atoms with Gasteiger partial charge in [-0.25, -0.2) is 8.70 Å². The molecule has 8 heteroatoms. The number of nitrogens with one attached hydrogen (secondary N) is 1. The number of hydrogen-bond acceptors (Lipinski definition) is 6. The van der Waals surface area contributed by atoms with Crippen LogP contribution in [0.5, 0.6) is 5.75 Å². The number of carbonyl (C=O) groups excluding carboxylic acids is 2. The Morgan fingerprint density at radius 2 is 1.94 bits per heavy atom. The lowest BCUT2D eigenvalue weighted by molar-refractivity contribution is -0.145. The molecule has 0 aliphatic heterocycles. The fraction of sp³-hybridized carbons (Fsp3) is 0.667. The standard InChI is InChI=1S/C12H16FNO2S.C12H20N2O/c1-12(2,8-15)14(3)17-11-9(13)6-5-7-10(11)16-4;1-14-10-8-2-7-3-9(10)6-12(4-7,5-8)11(13)15/h5-8H,1-4H3;7-10,14H,2-6H2,1H3,(H2,13,15). The third kappa shape index (κ3) is 4.82. The summed E-state index contributed by atoms with van der Waals surface area (Å²) in [6.45, 7) is 3.53. The van der Waals surface area contributed by atoms with Crippen LogP contribution in [0.4, 0.5) is 4.39 Å². The molecule has 4 aliphatic rings. The zero-order valence-corrected chi connectivity index (χ0v) is 20.5. The van der Waals surface area contributed by atoms with Crippen molar-refractivity contribution in [3.63, 3.8) is 0 Å². The molecule has 2 atom stereocenters. The van der Waals surface area contributed by atoms with Crippen molar-refractivity contribution in [2.45, 2.75) is 62.4 Å². The van der Waals surface area contributed by atoms with Gasteiger partial charge in [0.15, 0.2) is 0 Å². The topological polar surface area (TPSA) is 84.7 Å². The molecule has 0 radical (unpaired) electrons. The second kappa shape index (κ2) is 9.69. The van der Waals surface area contributed by atoms with Gasteiger partial charge in [-0.1, -0.05) is 6.07 Å². The fourth-order valence-corrected chi connectivity index (χ4v) is 6.81. The first-order chi connectivity index (χ1) is 15.1. The van der Waals surface area contributed by atoms with Crippen molar-refractivity contribution in [3.05, 3.63) is 24.0 Å². The van der Waals surface area contributed by atoms with E-state index in [1.165, 1.54) is 26.0 Å². The fourth-order valence-electron chi connectivity index (χ4n) is 5.86. The molecule has 0 saturated heterocycles. The summed E-state index contributed by atoms with van der Waals surface area (Å²) in [6, 6.07) is 5.29. The smallest absolute Gasteiger partial charge is 0.223 e. The number of likely N-dealkylation sites (N-methyl/N-ethyl adjacent to an activating group) is 1. The van der Waals surface area contributed by atoms with Gasteiger partial charge >= 0.3 is 0 Å². The van der Waals surface area contributed by atoms with Crippen LogP contribution < -0.4 is 15.8 Å². The van der Waals surface area contributed by atoms with Gasteiger partial charge in [0.25, 0.3) is 0 Å². The summed E-state index contributed by atoms with van der Waals surface area (Å²) in [6.07, 6.45) is 6.62. The van der Waals surface area contributed by atoms with Gasteiger partial charge in [0.2, 0.25) is 5.91 Å². The Balaban J connectivity index is 0.000000181. The van der Waals surface area contributed by atoms with Gasteiger partial charge in [0.05, 0.1) is 12.6 Å². The molecule has 0 heterocycles. The van der Waals surface area contributed by atoms with Crippen LogP contribution in [0, 0.1) is 29.0 Å². The molecule has 32 heavy (non-hydrogen) atoms. The van der Waals surface area contributed by atoms with Crippen LogP contribution in [0.15, 0.2) is 23.1 Å². The maximum absolute atomic E-state index is 13.7. The summed E-state index contributed by atoms with van der Waals surface area (Å²) in [5, 5.41) is 3.45. The van der Waals surface area contributed by atoms with E-state index in [1.807, 2.05) is 0 Å². The first kappa shape index (κ1) is 25.0. The van der Waals surface area contributed by atoms with E-state index in [0.29, 0.717) is 28.5 Å². The summed E-state index contributed by atoms with van der Waals surface area (Å²) in [7, 11) is 5.29. The van der Waals surface area contributed by atoms with Gasteiger partial charge in [0.1, 0.15) is 22.7 Å². The molecule has 0 spiro atoms. The van der Waals surface area contributed by atoms with Gasteiger partial charge in [0, 0.05) is 11.5 Å². The van der Waals surface area contributed by atoms with Crippen LogP contribution >= 0.6 is 11.9 Å². The van der Waals surface area contributed by atoms with Crippen molar-refractivity contribution in [1.82, 2.24) is 9.62 Å². The number of benzene rings is 1. The molecule has 4 saturated carbocycles. The number of hydrogen-bond donors (Lipinski definition) is 2. The molecule has 1 amide bonds. The summed E-state index contributed by atoms with van der Waals surface area (Å²) in [5.41, 5.74) is 4.83. The Morgan fingerprint density at radius 3 is 2.44 bits per heavy atom. The lowest BCUT2D eigenvalue weighted by Gasteiger charge is -2.58. The minimum Gasteiger partial charge on any atom is -0.495 e. The first-order valence-corrected chi connectivity index (χ1v) is 12.0. The van der Waals surface area contributed by atoms with E-state index in [9.17, 15) is 14.0 Å². The lowest BCUT2D eigenvalue weighted by Crippen LogP contribution is -2.60. The van der Waals surface area contributed by atoms with Gasteiger partial charge in [-0.15, -0.1) is 0 Å². The van der Waals surface area contributed by atoms with Crippen LogP contribution in [-0.2, 0) is 9.59 Å². The minimum atomic E-state index is -0.669. The molecule has 5 rings (SSSR count). The highest BCUT2D eigenvalue weighted by atomic mass is 32.2. The van der Waals surface area contributed by atoms with E-state index in [1.54, 1.807) is 37.3 Å². The Hall–Kier alpha value is -1.64. The van der Waals surface area contributed by atoms with E-state index in [2.05, 4.69) is 12.4 Å². The van der Waals surface area contributed by atoms with Crippen molar-refractivity contribution < 1.29 is 18.7 Å². The van der Waals surface area contributed by atoms with Crippen molar-refractivity contribution in [2.75, 3.05) is 21.2 Å². The Morgan fingerprint density at radius 1 is 1.31 bits per heavy atom. The summed E-state index contributed by atoms with van der Waals surface area (Å²) < 4.78 is 20.5. The number of methoxy groups -OCH3 is 1. The number of ether oxygens (including phenoxy) is 1. The molecule has 1 aromatic rings. The highest BCUT2D eigenvalue weighted by molar-refractivity contribution is 7.97. The maximum atomic E-state index is 13.7. The number of primary amides is 1. The van der Waals surface area contributed by atoms with Crippen molar-refractivity contribution >= 4 is 24.1 Å². The molecule has 1 aromatic carbocycles. The molecule has 4 aliphatic carbocycles. The minimum absolute atomic E-state index is 0.0311. The monoisotopic (exact) mass is 465 g/mol. The number of aldehydes is 1. The zero-order valence-electron chi connectivity index (χ0n) is 19.7. The number of carbonyl (C=O) groups is 2. The first-order valence-electron chi connectivity index (χ1n) is 11.2. The molecule has 4 bridgehead atoms. The highest BCUT2D eigenvalue weighted by Gasteiger charge is 2.57. The molecular formula is C24H36FN3O3S. The summed E-state index contributed by atoms with van der Waals surface area (Å²) >= 11 is 1.15. The lowest BCUT2D eigenvalue weighted by atomic mass is 9.47. The Bertz CT molecular complexity index is 834. The molecule has 0 aromatic heterocycles. The van der Waals surface area contributed by atoms with E-state index >= 15 is 0 Å². The third-order valence-corrected chi connectivity index (χ3v) is 8.93. The SMILES string of the molecule is CNC1C2CC3CC1CC(C(N)=O)(C3)C2.COc1cccc(F)c1SN(C)C(C)(C)C=O. The number of nitrogens with two attached hydrogens (primary N) is 1. The normalized spacial score (nSPS) is 30.6. The summed E-state index contributed by atoms with van der Waals surface area (Å²) in [4.78, 5) is 22.9. The molecular weight excluding hydrogens is 429 g/mol. The third-order valence-electron chi connectivity index (χ3n) is 7.61. The van der Waals surface area contributed by atoms with Crippen LogP contribution in [0.25, 0.3) is 0 Å².